The highest BCUT2D eigenvalue weighted by Crippen LogP contribution is 2.17. The van der Waals surface area contributed by atoms with E-state index in [9.17, 15) is 18.0 Å². The maximum atomic E-state index is 11.9. The highest BCUT2D eigenvalue weighted by Gasteiger charge is 2.33. The van der Waals surface area contributed by atoms with Crippen molar-refractivity contribution in [3.8, 4) is 0 Å². The highest BCUT2D eigenvalue weighted by atomic mass is 19.4. The molecule has 0 aromatic heterocycles. The molecule has 2 unspecified atom stereocenters. The van der Waals surface area contributed by atoms with Gasteiger partial charge in [0.05, 0.1) is 5.92 Å². The molecule has 0 radical (unpaired) electrons. The molecular weight excluding hydrogens is 197 g/mol. The molecule has 14 heavy (non-hydrogen) atoms. The summed E-state index contributed by atoms with van der Waals surface area (Å²) in [6.07, 6.45) is -4.36. The SMILES string of the molecule is CC(N)C(C)C(=O)N(C)CC(F)(F)F. The van der Waals surface area contributed by atoms with Gasteiger partial charge < -0.3 is 10.6 Å². The normalized spacial score (nSPS) is 16.2. The Labute approximate surface area is 81.1 Å². The lowest BCUT2D eigenvalue weighted by Crippen LogP contribution is -2.43. The second-order valence-electron chi connectivity index (χ2n) is 3.46. The molecule has 0 fully saturated rings. The molecule has 0 aromatic carbocycles. The van der Waals surface area contributed by atoms with Crippen LogP contribution in [0.15, 0.2) is 0 Å². The fourth-order valence-electron chi connectivity index (χ4n) is 0.919. The van der Waals surface area contributed by atoms with E-state index in [-0.39, 0.29) is 0 Å². The van der Waals surface area contributed by atoms with Gasteiger partial charge in [-0.25, -0.2) is 0 Å². The van der Waals surface area contributed by atoms with Gasteiger partial charge in [-0.2, -0.15) is 13.2 Å². The summed E-state index contributed by atoms with van der Waals surface area (Å²) in [5.74, 6) is -1.18. The number of hydrogen-bond donors (Lipinski definition) is 1. The van der Waals surface area contributed by atoms with Crippen molar-refractivity contribution >= 4 is 5.91 Å². The van der Waals surface area contributed by atoms with Gasteiger partial charge in [-0.1, -0.05) is 6.92 Å². The molecule has 0 saturated heterocycles. The molecule has 0 aliphatic carbocycles. The van der Waals surface area contributed by atoms with Crippen LogP contribution in [0.3, 0.4) is 0 Å². The van der Waals surface area contributed by atoms with Gasteiger partial charge in [0.15, 0.2) is 0 Å². The van der Waals surface area contributed by atoms with E-state index in [0.717, 1.165) is 7.05 Å². The van der Waals surface area contributed by atoms with Crippen LogP contribution in [0.1, 0.15) is 13.8 Å². The van der Waals surface area contributed by atoms with Gasteiger partial charge in [-0.3, -0.25) is 4.79 Å². The van der Waals surface area contributed by atoms with Crippen LogP contribution in [0.2, 0.25) is 0 Å². The average Bonchev–Trinajstić information content (AvgIpc) is 1.98. The second-order valence-corrected chi connectivity index (χ2v) is 3.46. The molecule has 2 atom stereocenters. The van der Waals surface area contributed by atoms with Crippen LogP contribution < -0.4 is 5.73 Å². The van der Waals surface area contributed by atoms with Crippen LogP contribution in [-0.2, 0) is 4.79 Å². The third-order valence-electron chi connectivity index (χ3n) is 1.97. The first-order valence-corrected chi connectivity index (χ1v) is 4.22. The molecule has 6 heteroatoms. The van der Waals surface area contributed by atoms with Gasteiger partial charge in [0.2, 0.25) is 5.91 Å². The Morgan fingerprint density at radius 2 is 1.86 bits per heavy atom. The minimum atomic E-state index is -4.36. The maximum Gasteiger partial charge on any atom is 0.406 e. The fraction of sp³-hybridized carbons (Fsp3) is 0.875. The van der Waals surface area contributed by atoms with Crippen molar-refractivity contribution in [2.45, 2.75) is 26.1 Å². The van der Waals surface area contributed by atoms with Crippen molar-refractivity contribution in [2.24, 2.45) is 11.7 Å². The first kappa shape index (κ1) is 13.2. The first-order valence-electron chi connectivity index (χ1n) is 4.22. The van der Waals surface area contributed by atoms with Crippen molar-refractivity contribution < 1.29 is 18.0 Å². The fourth-order valence-corrected chi connectivity index (χ4v) is 0.919. The highest BCUT2D eigenvalue weighted by molar-refractivity contribution is 5.78. The summed E-state index contributed by atoms with van der Waals surface area (Å²) < 4.78 is 35.7. The second kappa shape index (κ2) is 4.63. The number of nitrogens with zero attached hydrogens (tertiary/aromatic N) is 1. The Hall–Kier alpha value is -0.780. The zero-order valence-electron chi connectivity index (χ0n) is 8.43. The number of rotatable bonds is 3. The summed E-state index contributed by atoms with van der Waals surface area (Å²) in [5.41, 5.74) is 5.41. The monoisotopic (exact) mass is 212 g/mol. The summed E-state index contributed by atoms with van der Waals surface area (Å²) in [5, 5.41) is 0. The largest absolute Gasteiger partial charge is 0.406 e. The summed E-state index contributed by atoms with van der Waals surface area (Å²) in [6, 6.07) is -0.446. The lowest BCUT2D eigenvalue weighted by atomic mass is 10.0. The summed E-state index contributed by atoms with van der Waals surface area (Å²) in [4.78, 5) is 12.0. The van der Waals surface area contributed by atoms with Gasteiger partial charge in [0.25, 0.3) is 0 Å². The molecule has 0 aliphatic rings. The smallest absolute Gasteiger partial charge is 0.336 e. The van der Waals surface area contributed by atoms with E-state index in [1.165, 1.54) is 6.92 Å². The number of hydrogen-bond acceptors (Lipinski definition) is 2. The van der Waals surface area contributed by atoms with Crippen molar-refractivity contribution in [2.75, 3.05) is 13.6 Å². The zero-order chi connectivity index (χ0) is 11.5. The van der Waals surface area contributed by atoms with E-state index in [2.05, 4.69) is 0 Å². The van der Waals surface area contributed by atoms with Crippen molar-refractivity contribution in [3.05, 3.63) is 0 Å². The van der Waals surface area contributed by atoms with Crippen LogP contribution in [0, 0.1) is 5.92 Å². The lowest BCUT2D eigenvalue weighted by Gasteiger charge is -2.24. The minimum Gasteiger partial charge on any atom is -0.336 e. The van der Waals surface area contributed by atoms with Crippen LogP contribution >= 0.6 is 0 Å². The minimum absolute atomic E-state index is 0.446. The van der Waals surface area contributed by atoms with E-state index in [1.807, 2.05) is 0 Å². The van der Waals surface area contributed by atoms with E-state index >= 15 is 0 Å². The van der Waals surface area contributed by atoms with Gasteiger partial charge in [0.1, 0.15) is 6.54 Å². The van der Waals surface area contributed by atoms with E-state index in [4.69, 9.17) is 5.73 Å². The first-order chi connectivity index (χ1) is 6.15. The van der Waals surface area contributed by atoms with Gasteiger partial charge in [-0.15, -0.1) is 0 Å². The molecular formula is C8H15F3N2O. The van der Waals surface area contributed by atoms with Crippen molar-refractivity contribution in [1.82, 2.24) is 4.90 Å². The molecule has 0 aliphatic heterocycles. The van der Waals surface area contributed by atoms with Gasteiger partial charge >= 0.3 is 6.18 Å². The van der Waals surface area contributed by atoms with Crippen LogP contribution in [0.5, 0.6) is 0 Å². The number of carbonyl (C=O) groups excluding carboxylic acids is 1. The van der Waals surface area contributed by atoms with Crippen LogP contribution in [0.25, 0.3) is 0 Å². The Bertz CT molecular complexity index is 203. The number of amides is 1. The predicted molar refractivity (Wildman–Crippen MR) is 46.5 cm³/mol. The molecule has 0 bridgehead atoms. The number of carbonyl (C=O) groups is 1. The van der Waals surface area contributed by atoms with Gasteiger partial charge in [-0.05, 0) is 6.92 Å². The van der Waals surface area contributed by atoms with Crippen LogP contribution in [0.4, 0.5) is 13.2 Å². The third kappa shape index (κ3) is 4.45. The topological polar surface area (TPSA) is 46.3 Å². The third-order valence-corrected chi connectivity index (χ3v) is 1.97. The molecule has 0 spiro atoms. The number of halogens is 3. The zero-order valence-corrected chi connectivity index (χ0v) is 8.43. The summed E-state index contributed by atoms with van der Waals surface area (Å²) >= 11 is 0. The Balaban J connectivity index is 4.26. The van der Waals surface area contributed by atoms with Crippen LogP contribution in [-0.4, -0.2) is 36.6 Å². The quantitative estimate of drug-likeness (QED) is 0.758. The Morgan fingerprint density at radius 3 is 2.14 bits per heavy atom. The molecule has 0 heterocycles. The van der Waals surface area contributed by atoms with E-state index in [1.54, 1.807) is 6.92 Å². The number of alkyl halides is 3. The Morgan fingerprint density at radius 1 is 1.43 bits per heavy atom. The standard InChI is InChI=1S/C8H15F3N2O/c1-5(6(2)12)7(14)13(3)4-8(9,10)11/h5-6H,4,12H2,1-3H3. The molecule has 0 saturated carbocycles. The van der Waals surface area contributed by atoms with E-state index < -0.39 is 30.6 Å². The van der Waals surface area contributed by atoms with Gasteiger partial charge in [0, 0.05) is 13.1 Å². The molecule has 0 rings (SSSR count). The molecule has 84 valence electrons. The molecule has 2 N–H and O–H groups in total. The lowest BCUT2D eigenvalue weighted by molar-refractivity contribution is -0.160. The van der Waals surface area contributed by atoms with E-state index in [0.29, 0.717) is 4.90 Å². The van der Waals surface area contributed by atoms with Crippen molar-refractivity contribution in [3.63, 3.8) is 0 Å². The summed E-state index contributed by atoms with van der Waals surface area (Å²) in [6.45, 7) is 1.87. The predicted octanol–water partition coefficient (Wildman–Crippen LogP) is 0.990. The van der Waals surface area contributed by atoms with Crippen molar-refractivity contribution in [1.29, 1.82) is 0 Å². The molecule has 1 amide bonds. The molecule has 3 nitrogen and oxygen atoms in total. The average molecular weight is 212 g/mol. The summed E-state index contributed by atoms with van der Waals surface area (Å²) in [7, 11) is 1.12. The maximum absolute atomic E-state index is 11.9. The number of nitrogens with two attached hydrogens (primary N) is 1. The Kier molecular flexibility index (Phi) is 4.38. The molecule has 0 aromatic rings.